The molecule has 0 amide bonds. The fraction of sp³-hybridized carbons (Fsp3) is 0.500. The SMILES string of the molecule is CN1CC(CN)CC1c1c(O)c(F)cc(Br)c1F. The van der Waals surface area contributed by atoms with Crippen LogP contribution in [0.1, 0.15) is 18.0 Å². The molecule has 3 N–H and O–H groups in total. The first kappa shape index (κ1) is 13.7. The molecule has 0 spiro atoms. The minimum absolute atomic E-state index is 0.0142. The molecule has 1 saturated heterocycles. The maximum Gasteiger partial charge on any atom is 0.166 e. The number of phenolic OH excluding ortho intramolecular Hbond substituents is 1. The highest BCUT2D eigenvalue weighted by Gasteiger charge is 2.34. The Balaban J connectivity index is 2.45. The van der Waals surface area contributed by atoms with Gasteiger partial charge in [0.25, 0.3) is 0 Å². The van der Waals surface area contributed by atoms with Crippen molar-refractivity contribution in [2.45, 2.75) is 12.5 Å². The Labute approximate surface area is 113 Å². The van der Waals surface area contributed by atoms with Crippen molar-refractivity contribution in [3.63, 3.8) is 0 Å². The van der Waals surface area contributed by atoms with E-state index in [2.05, 4.69) is 15.9 Å². The lowest BCUT2D eigenvalue weighted by molar-refractivity contribution is 0.293. The van der Waals surface area contributed by atoms with Crippen molar-refractivity contribution in [2.75, 3.05) is 20.1 Å². The fourth-order valence-electron chi connectivity index (χ4n) is 2.52. The lowest BCUT2D eigenvalue weighted by Gasteiger charge is -2.21. The molecule has 2 rings (SSSR count). The van der Waals surface area contributed by atoms with Gasteiger partial charge in [-0.1, -0.05) is 0 Å². The molecular formula is C12H15BrF2N2O. The Morgan fingerprint density at radius 3 is 2.78 bits per heavy atom. The number of aromatic hydroxyl groups is 1. The Bertz CT molecular complexity index is 444. The number of phenols is 1. The van der Waals surface area contributed by atoms with E-state index in [4.69, 9.17) is 5.73 Å². The van der Waals surface area contributed by atoms with Gasteiger partial charge in [0.05, 0.1) is 10.0 Å². The van der Waals surface area contributed by atoms with Crippen LogP contribution in [0.15, 0.2) is 10.5 Å². The Morgan fingerprint density at radius 2 is 2.22 bits per heavy atom. The molecule has 1 aliphatic rings. The summed E-state index contributed by atoms with van der Waals surface area (Å²) in [6, 6.07) is 0.592. The molecule has 1 fully saturated rings. The van der Waals surface area contributed by atoms with Crippen LogP contribution in [0.5, 0.6) is 5.75 Å². The monoisotopic (exact) mass is 320 g/mol. The van der Waals surface area contributed by atoms with Crippen LogP contribution in [0.25, 0.3) is 0 Å². The minimum atomic E-state index is -0.817. The summed E-state index contributed by atoms with van der Waals surface area (Å²) < 4.78 is 27.6. The predicted molar refractivity (Wildman–Crippen MR) is 68.3 cm³/mol. The maximum absolute atomic E-state index is 14.1. The first-order chi connectivity index (χ1) is 8.45. The lowest BCUT2D eigenvalue weighted by Crippen LogP contribution is -2.21. The van der Waals surface area contributed by atoms with Gasteiger partial charge in [-0.05, 0) is 47.9 Å². The molecule has 1 aliphatic heterocycles. The fourth-order valence-corrected chi connectivity index (χ4v) is 2.94. The molecule has 100 valence electrons. The molecule has 6 heteroatoms. The number of hydrogen-bond donors (Lipinski definition) is 2. The van der Waals surface area contributed by atoms with Crippen molar-refractivity contribution in [3.05, 3.63) is 27.7 Å². The number of nitrogens with two attached hydrogens (primary N) is 1. The van der Waals surface area contributed by atoms with E-state index in [1.807, 2.05) is 11.9 Å². The van der Waals surface area contributed by atoms with E-state index in [0.29, 0.717) is 19.5 Å². The van der Waals surface area contributed by atoms with Gasteiger partial charge in [0.2, 0.25) is 0 Å². The van der Waals surface area contributed by atoms with Crippen LogP contribution in [0.3, 0.4) is 0 Å². The minimum Gasteiger partial charge on any atom is -0.505 e. The van der Waals surface area contributed by atoms with E-state index in [9.17, 15) is 13.9 Å². The molecule has 1 aromatic carbocycles. The summed E-state index contributed by atoms with van der Waals surface area (Å²) >= 11 is 2.96. The third-order valence-corrected chi connectivity index (χ3v) is 4.06. The summed E-state index contributed by atoms with van der Waals surface area (Å²) in [5.41, 5.74) is 5.62. The third kappa shape index (κ3) is 2.24. The maximum atomic E-state index is 14.1. The molecule has 18 heavy (non-hydrogen) atoms. The smallest absolute Gasteiger partial charge is 0.166 e. The molecule has 0 aromatic heterocycles. The molecule has 0 aliphatic carbocycles. The van der Waals surface area contributed by atoms with Crippen molar-refractivity contribution >= 4 is 15.9 Å². The Hall–Kier alpha value is -0.720. The topological polar surface area (TPSA) is 49.5 Å². The second-order valence-corrected chi connectivity index (χ2v) is 5.56. The molecular weight excluding hydrogens is 306 g/mol. The van der Waals surface area contributed by atoms with Crippen LogP contribution in [-0.4, -0.2) is 30.1 Å². The zero-order valence-electron chi connectivity index (χ0n) is 9.96. The van der Waals surface area contributed by atoms with E-state index < -0.39 is 17.4 Å². The molecule has 1 heterocycles. The van der Waals surface area contributed by atoms with Gasteiger partial charge in [0, 0.05) is 12.6 Å². The quantitative estimate of drug-likeness (QED) is 0.823. The third-order valence-electron chi connectivity index (χ3n) is 3.48. The van der Waals surface area contributed by atoms with E-state index in [1.165, 1.54) is 0 Å². The Kier molecular flexibility index (Phi) is 3.89. The highest BCUT2D eigenvalue weighted by Crippen LogP contribution is 2.42. The average Bonchev–Trinajstić information content (AvgIpc) is 2.69. The average molecular weight is 321 g/mol. The molecule has 2 unspecified atom stereocenters. The first-order valence-corrected chi connectivity index (χ1v) is 6.51. The summed E-state index contributed by atoms with van der Waals surface area (Å²) in [5, 5.41) is 9.75. The highest BCUT2D eigenvalue weighted by molar-refractivity contribution is 9.10. The van der Waals surface area contributed by atoms with Gasteiger partial charge < -0.3 is 10.8 Å². The van der Waals surface area contributed by atoms with Crippen LogP contribution in [0.2, 0.25) is 0 Å². The summed E-state index contributed by atoms with van der Waals surface area (Å²) in [5.74, 6) is -1.79. The molecule has 0 saturated carbocycles. The zero-order valence-corrected chi connectivity index (χ0v) is 11.5. The van der Waals surface area contributed by atoms with Crippen molar-refractivity contribution in [2.24, 2.45) is 11.7 Å². The van der Waals surface area contributed by atoms with Gasteiger partial charge in [0.15, 0.2) is 11.6 Å². The van der Waals surface area contributed by atoms with Crippen molar-refractivity contribution in [1.29, 1.82) is 0 Å². The molecule has 1 aromatic rings. The summed E-state index contributed by atoms with van der Waals surface area (Å²) in [7, 11) is 1.82. The molecule has 3 nitrogen and oxygen atoms in total. The number of likely N-dealkylation sites (tertiary alicyclic amines) is 1. The van der Waals surface area contributed by atoms with Crippen LogP contribution < -0.4 is 5.73 Å². The van der Waals surface area contributed by atoms with Gasteiger partial charge in [-0.2, -0.15) is 0 Å². The van der Waals surface area contributed by atoms with E-state index in [1.54, 1.807) is 0 Å². The zero-order chi connectivity index (χ0) is 13.4. The second kappa shape index (κ2) is 5.11. The summed E-state index contributed by atoms with van der Waals surface area (Å²) in [6.07, 6.45) is 0.618. The molecule has 0 radical (unpaired) electrons. The lowest BCUT2D eigenvalue weighted by atomic mass is 9.98. The van der Waals surface area contributed by atoms with Gasteiger partial charge >= 0.3 is 0 Å². The molecule has 0 bridgehead atoms. The van der Waals surface area contributed by atoms with Gasteiger partial charge in [-0.15, -0.1) is 0 Å². The van der Waals surface area contributed by atoms with Gasteiger partial charge in [0.1, 0.15) is 5.82 Å². The van der Waals surface area contributed by atoms with Crippen LogP contribution in [0.4, 0.5) is 8.78 Å². The summed E-state index contributed by atoms with van der Waals surface area (Å²) in [6.45, 7) is 1.22. The largest absolute Gasteiger partial charge is 0.505 e. The van der Waals surface area contributed by atoms with E-state index in [0.717, 1.165) is 6.07 Å². The highest BCUT2D eigenvalue weighted by atomic mass is 79.9. The van der Waals surface area contributed by atoms with Gasteiger partial charge in [-0.3, -0.25) is 4.90 Å². The first-order valence-electron chi connectivity index (χ1n) is 5.72. The van der Waals surface area contributed by atoms with E-state index in [-0.39, 0.29) is 22.0 Å². The van der Waals surface area contributed by atoms with E-state index >= 15 is 0 Å². The standard InChI is InChI=1S/C12H15BrF2N2O/c1-17-5-6(4-16)2-9(17)10-11(15)7(13)3-8(14)12(10)18/h3,6,9,18H,2,4-5,16H2,1H3. The number of hydrogen-bond acceptors (Lipinski definition) is 3. The van der Waals surface area contributed by atoms with Crippen LogP contribution in [0, 0.1) is 17.6 Å². The van der Waals surface area contributed by atoms with Gasteiger partial charge in [-0.25, -0.2) is 8.78 Å². The predicted octanol–water partition coefficient (Wildman–Crippen LogP) is 2.38. The normalized spacial score (nSPS) is 24.7. The van der Waals surface area contributed by atoms with Crippen molar-refractivity contribution < 1.29 is 13.9 Å². The number of benzene rings is 1. The van der Waals surface area contributed by atoms with Crippen molar-refractivity contribution in [3.8, 4) is 5.75 Å². The number of nitrogens with zero attached hydrogens (tertiary/aromatic N) is 1. The van der Waals surface area contributed by atoms with Crippen LogP contribution in [-0.2, 0) is 0 Å². The summed E-state index contributed by atoms with van der Waals surface area (Å²) in [4.78, 5) is 1.89. The second-order valence-electron chi connectivity index (χ2n) is 4.71. The molecule has 2 atom stereocenters. The Morgan fingerprint density at radius 1 is 1.56 bits per heavy atom. The van der Waals surface area contributed by atoms with Crippen molar-refractivity contribution in [1.82, 2.24) is 4.90 Å². The van der Waals surface area contributed by atoms with Crippen LogP contribution >= 0.6 is 15.9 Å². The number of rotatable bonds is 2. The number of halogens is 3.